The van der Waals surface area contributed by atoms with Crippen molar-refractivity contribution in [2.75, 3.05) is 11.9 Å². The van der Waals surface area contributed by atoms with Gasteiger partial charge in [0.1, 0.15) is 11.7 Å². The zero-order valence-electron chi connectivity index (χ0n) is 23.5. The van der Waals surface area contributed by atoms with Crippen LogP contribution in [0.5, 0.6) is 0 Å². The molecule has 2 aromatic carbocycles. The van der Waals surface area contributed by atoms with Gasteiger partial charge in [0, 0.05) is 13.0 Å². The fraction of sp³-hybridized carbons (Fsp3) is 0.394. The van der Waals surface area contributed by atoms with E-state index in [1.807, 2.05) is 62.5 Å². The first-order chi connectivity index (χ1) is 18.7. The zero-order valence-corrected chi connectivity index (χ0v) is 24.5. The molecule has 39 heavy (non-hydrogen) atoms. The summed E-state index contributed by atoms with van der Waals surface area (Å²) in [5.74, 6) is 1.31. The minimum atomic E-state index is -3.06. The normalized spacial score (nSPS) is 22.9. The molecule has 0 saturated heterocycles. The highest BCUT2D eigenvalue weighted by molar-refractivity contribution is 6.98. The number of halogens is 1. The Kier molecular flexibility index (Phi) is 7.62. The van der Waals surface area contributed by atoms with Crippen molar-refractivity contribution >= 4 is 24.4 Å². The standard InChI is InChI=1S/C33H40FN3OSi/c1-24-31(22-35-25(2)37-24)36-23-33(26-12-11-13-28(34)20-26)21-27(33)18-19-32(3,4)39(38,29-14-7-5-8-15-29)30-16-9-6-10-17-30/h5-17,22,26-27,36,38H,18-21,23H2,1-4H3/t26?,27-,33-/m1/s1. The van der Waals surface area contributed by atoms with Crippen molar-refractivity contribution in [1.29, 1.82) is 0 Å². The first-order valence-corrected chi connectivity index (χ1v) is 16.0. The van der Waals surface area contributed by atoms with Crippen molar-refractivity contribution in [3.8, 4) is 0 Å². The summed E-state index contributed by atoms with van der Waals surface area (Å²) >= 11 is 0. The summed E-state index contributed by atoms with van der Waals surface area (Å²) in [6.07, 6.45) is 10.9. The maximum Gasteiger partial charge on any atom is 0.258 e. The highest BCUT2D eigenvalue weighted by Gasteiger charge is 2.59. The monoisotopic (exact) mass is 541 g/mol. The van der Waals surface area contributed by atoms with Crippen LogP contribution in [0.25, 0.3) is 0 Å². The second kappa shape index (κ2) is 10.8. The summed E-state index contributed by atoms with van der Waals surface area (Å²) in [7, 11) is -3.06. The van der Waals surface area contributed by atoms with Crippen LogP contribution in [0, 0.1) is 31.1 Å². The number of allylic oxidation sites excluding steroid dienone is 4. The van der Waals surface area contributed by atoms with Gasteiger partial charge in [-0.3, -0.25) is 0 Å². The van der Waals surface area contributed by atoms with E-state index in [4.69, 9.17) is 0 Å². The molecule has 1 fully saturated rings. The van der Waals surface area contributed by atoms with Crippen LogP contribution in [0.3, 0.4) is 0 Å². The van der Waals surface area contributed by atoms with Crippen molar-refractivity contribution < 1.29 is 9.19 Å². The second-order valence-corrected chi connectivity index (χ2v) is 16.0. The number of benzene rings is 2. The number of aromatic nitrogens is 2. The third-order valence-corrected chi connectivity index (χ3v) is 13.8. The van der Waals surface area contributed by atoms with E-state index >= 15 is 0 Å². The molecule has 1 heterocycles. The van der Waals surface area contributed by atoms with Crippen molar-refractivity contribution in [2.45, 2.75) is 58.4 Å². The molecule has 0 aliphatic heterocycles. The number of anilines is 1. The SMILES string of the molecule is Cc1ncc(NC[C@@]2(C3C=CC=C(F)C3)C[C@H]2CCC(C)(C)[Si](O)(c2ccccc2)c2ccccc2)c(C)n1. The predicted molar refractivity (Wildman–Crippen MR) is 160 cm³/mol. The van der Waals surface area contributed by atoms with Gasteiger partial charge < -0.3 is 10.1 Å². The molecule has 2 aliphatic rings. The van der Waals surface area contributed by atoms with Gasteiger partial charge in [0.2, 0.25) is 0 Å². The van der Waals surface area contributed by atoms with Crippen molar-refractivity contribution in [3.63, 3.8) is 0 Å². The number of hydrogen-bond donors (Lipinski definition) is 2. The van der Waals surface area contributed by atoms with E-state index in [0.717, 1.165) is 53.4 Å². The van der Waals surface area contributed by atoms with Crippen molar-refractivity contribution in [3.05, 3.63) is 102 Å². The van der Waals surface area contributed by atoms with E-state index in [-0.39, 0.29) is 22.2 Å². The molecule has 204 valence electrons. The minimum absolute atomic E-state index is 0.0331. The molecule has 0 spiro atoms. The zero-order chi connectivity index (χ0) is 27.7. The van der Waals surface area contributed by atoms with E-state index in [1.54, 1.807) is 6.08 Å². The van der Waals surface area contributed by atoms with E-state index in [9.17, 15) is 9.19 Å². The van der Waals surface area contributed by atoms with Crippen LogP contribution in [0.4, 0.5) is 10.1 Å². The lowest BCUT2D eigenvalue weighted by atomic mass is 9.80. The van der Waals surface area contributed by atoms with Crippen LogP contribution in [-0.2, 0) is 0 Å². The van der Waals surface area contributed by atoms with Gasteiger partial charge in [0.25, 0.3) is 8.32 Å². The summed E-state index contributed by atoms with van der Waals surface area (Å²) in [4.78, 5) is 21.5. The van der Waals surface area contributed by atoms with Gasteiger partial charge in [-0.15, -0.1) is 0 Å². The molecule has 4 nitrogen and oxygen atoms in total. The van der Waals surface area contributed by atoms with Gasteiger partial charge in [0.15, 0.2) is 0 Å². The fourth-order valence-electron chi connectivity index (χ4n) is 6.67. The molecule has 0 bridgehead atoms. The minimum Gasteiger partial charge on any atom is -0.424 e. The lowest BCUT2D eigenvalue weighted by molar-refractivity contribution is 0.314. The molecule has 1 unspecified atom stereocenters. The second-order valence-electron chi connectivity index (χ2n) is 12.1. The average molecular weight is 542 g/mol. The maximum absolute atomic E-state index is 14.4. The van der Waals surface area contributed by atoms with Crippen LogP contribution < -0.4 is 15.7 Å². The van der Waals surface area contributed by atoms with Crippen LogP contribution in [0.15, 0.2) is 90.9 Å². The lowest BCUT2D eigenvalue weighted by Crippen LogP contribution is -2.65. The van der Waals surface area contributed by atoms with E-state index in [2.05, 4.69) is 59.5 Å². The molecule has 5 rings (SSSR count). The Labute approximate surface area is 233 Å². The highest BCUT2D eigenvalue weighted by atomic mass is 28.4. The third kappa shape index (κ3) is 5.37. The summed E-state index contributed by atoms with van der Waals surface area (Å²) < 4.78 is 14.4. The first-order valence-electron chi connectivity index (χ1n) is 14.1. The Hall–Kier alpha value is -3.09. The summed E-state index contributed by atoms with van der Waals surface area (Å²) in [6.45, 7) is 9.12. The summed E-state index contributed by atoms with van der Waals surface area (Å²) in [6, 6.07) is 20.5. The topological polar surface area (TPSA) is 58.0 Å². The summed E-state index contributed by atoms with van der Waals surface area (Å²) in [5.41, 5.74) is 1.84. The lowest BCUT2D eigenvalue weighted by Gasteiger charge is -2.41. The molecule has 0 amide bonds. The van der Waals surface area contributed by atoms with Crippen molar-refractivity contribution in [2.24, 2.45) is 17.3 Å². The first kappa shape index (κ1) is 27.5. The predicted octanol–water partition coefficient (Wildman–Crippen LogP) is 6.25. The number of aryl methyl sites for hydroxylation is 2. The Bertz CT molecular complexity index is 1320. The number of nitrogens with one attached hydrogen (secondary N) is 1. The molecule has 0 radical (unpaired) electrons. The molecule has 3 atom stereocenters. The maximum atomic E-state index is 14.4. The molecule has 2 N–H and O–H groups in total. The molecule has 2 aliphatic carbocycles. The number of nitrogens with zero attached hydrogens (tertiary/aromatic N) is 2. The van der Waals surface area contributed by atoms with E-state index in [0.29, 0.717) is 12.3 Å². The number of rotatable bonds is 10. The smallest absolute Gasteiger partial charge is 0.258 e. The van der Waals surface area contributed by atoms with Crippen molar-refractivity contribution in [1.82, 2.24) is 9.97 Å². The Morgan fingerprint density at radius 2 is 1.69 bits per heavy atom. The van der Waals surface area contributed by atoms with Crippen LogP contribution in [0.1, 0.15) is 51.0 Å². The van der Waals surface area contributed by atoms with Gasteiger partial charge in [-0.1, -0.05) is 86.7 Å². The van der Waals surface area contributed by atoms with Crippen LogP contribution >= 0.6 is 0 Å². The van der Waals surface area contributed by atoms with Gasteiger partial charge in [0.05, 0.1) is 17.6 Å². The number of hydrogen-bond acceptors (Lipinski definition) is 4. The quantitative estimate of drug-likeness (QED) is 0.298. The van der Waals surface area contributed by atoms with Gasteiger partial charge in [-0.2, -0.15) is 0 Å². The van der Waals surface area contributed by atoms with Gasteiger partial charge in [-0.25, -0.2) is 14.4 Å². The highest BCUT2D eigenvalue weighted by Crippen LogP contribution is 2.63. The third-order valence-electron chi connectivity index (χ3n) is 9.24. The van der Waals surface area contributed by atoms with Gasteiger partial charge in [-0.05, 0) is 71.8 Å². The Balaban J connectivity index is 1.38. The molecular formula is C33H40FN3OSi. The van der Waals surface area contributed by atoms with E-state index < -0.39 is 8.32 Å². The Morgan fingerprint density at radius 1 is 1.05 bits per heavy atom. The molecule has 6 heteroatoms. The van der Waals surface area contributed by atoms with E-state index in [1.165, 1.54) is 0 Å². The molecular weight excluding hydrogens is 501 g/mol. The molecule has 1 aromatic heterocycles. The van der Waals surface area contributed by atoms with Crippen LogP contribution in [-0.4, -0.2) is 29.6 Å². The Morgan fingerprint density at radius 3 is 2.28 bits per heavy atom. The molecule has 1 saturated carbocycles. The van der Waals surface area contributed by atoms with Crippen LogP contribution in [0.2, 0.25) is 5.04 Å². The molecule has 3 aromatic rings. The average Bonchev–Trinajstić information content (AvgIpc) is 3.66. The fourth-order valence-corrected chi connectivity index (χ4v) is 10.4. The summed E-state index contributed by atoms with van der Waals surface area (Å²) in [5, 5.41) is 5.41. The van der Waals surface area contributed by atoms with Gasteiger partial charge >= 0.3 is 0 Å². The largest absolute Gasteiger partial charge is 0.424 e.